The molecule has 2 rings (SSSR count). The minimum Gasteiger partial charge on any atom is -0.326 e. The van der Waals surface area contributed by atoms with E-state index >= 15 is 0 Å². The van der Waals surface area contributed by atoms with E-state index in [-0.39, 0.29) is 5.41 Å². The summed E-state index contributed by atoms with van der Waals surface area (Å²) in [6.45, 7) is 7.65. The van der Waals surface area contributed by atoms with Crippen molar-refractivity contribution in [3.63, 3.8) is 0 Å². The van der Waals surface area contributed by atoms with Crippen molar-refractivity contribution >= 4 is 0 Å². The molecule has 1 fully saturated rings. The second-order valence-electron chi connectivity index (χ2n) is 5.25. The Morgan fingerprint density at radius 3 is 2.53 bits per heavy atom. The largest absolute Gasteiger partial charge is 0.326 e. The van der Waals surface area contributed by atoms with Crippen molar-refractivity contribution in [3.8, 4) is 0 Å². The first-order valence-corrected chi connectivity index (χ1v) is 5.60. The Balaban J connectivity index is 1.99. The zero-order chi connectivity index (χ0) is 10.9. The van der Waals surface area contributed by atoms with E-state index in [4.69, 9.17) is 5.73 Å². The Hall–Kier alpha value is -0.860. The van der Waals surface area contributed by atoms with Crippen molar-refractivity contribution in [2.24, 2.45) is 11.1 Å². The van der Waals surface area contributed by atoms with Crippen LogP contribution in [0.4, 0.5) is 0 Å². The summed E-state index contributed by atoms with van der Waals surface area (Å²) < 4.78 is 0. The lowest BCUT2D eigenvalue weighted by molar-refractivity contribution is 0.282. The lowest BCUT2D eigenvalue weighted by Crippen LogP contribution is -2.35. The summed E-state index contributed by atoms with van der Waals surface area (Å²) in [5.41, 5.74) is 7.75. The minimum absolute atomic E-state index is 0.259. The maximum Gasteiger partial charge on any atom is 0.0234 e. The highest BCUT2D eigenvalue weighted by Crippen LogP contribution is 2.28. The Bertz CT molecular complexity index is 319. The van der Waals surface area contributed by atoms with Gasteiger partial charge in [0, 0.05) is 25.7 Å². The van der Waals surface area contributed by atoms with Gasteiger partial charge in [-0.2, -0.15) is 0 Å². The number of nitrogens with two attached hydrogens (primary N) is 1. The van der Waals surface area contributed by atoms with Gasteiger partial charge < -0.3 is 5.73 Å². The molecule has 1 saturated heterocycles. The van der Waals surface area contributed by atoms with Crippen molar-refractivity contribution in [1.82, 2.24) is 4.90 Å². The smallest absolute Gasteiger partial charge is 0.0234 e. The van der Waals surface area contributed by atoms with Crippen LogP contribution in [-0.2, 0) is 6.54 Å². The summed E-state index contributed by atoms with van der Waals surface area (Å²) in [4.78, 5) is 2.44. The molecule has 0 unspecified atom stereocenters. The fourth-order valence-electron chi connectivity index (χ4n) is 2.25. The van der Waals surface area contributed by atoms with Crippen LogP contribution in [-0.4, -0.2) is 24.0 Å². The lowest BCUT2D eigenvalue weighted by atomic mass is 9.89. The molecule has 1 aliphatic heterocycles. The first kappa shape index (κ1) is 10.7. The van der Waals surface area contributed by atoms with Gasteiger partial charge >= 0.3 is 0 Å². The van der Waals surface area contributed by atoms with Crippen molar-refractivity contribution in [3.05, 3.63) is 35.9 Å². The summed E-state index contributed by atoms with van der Waals surface area (Å²) in [6.07, 6.45) is 0. The molecule has 1 aliphatic rings. The molecule has 1 aromatic carbocycles. The summed E-state index contributed by atoms with van der Waals surface area (Å²) >= 11 is 0. The topological polar surface area (TPSA) is 29.3 Å². The summed E-state index contributed by atoms with van der Waals surface area (Å²) in [5, 5.41) is 0. The van der Waals surface area contributed by atoms with Crippen molar-refractivity contribution < 1.29 is 0 Å². The van der Waals surface area contributed by atoms with Gasteiger partial charge in [-0.15, -0.1) is 0 Å². The van der Waals surface area contributed by atoms with Crippen LogP contribution in [0.2, 0.25) is 0 Å². The number of hydrogen-bond acceptors (Lipinski definition) is 2. The third-order valence-corrected chi connectivity index (χ3v) is 3.34. The van der Waals surface area contributed by atoms with Gasteiger partial charge in [0.05, 0.1) is 0 Å². The third kappa shape index (κ3) is 2.39. The molecule has 0 amide bonds. The molecule has 0 aliphatic carbocycles. The molecule has 1 heterocycles. The van der Waals surface area contributed by atoms with Gasteiger partial charge in [0.15, 0.2) is 0 Å². The maximum absolute atomic E-state index is 6.11. The molecule has 0 spiro atoms. The average molecular weight is 204 g/mol. The molecular weight excluding hydrogens is 184 g/mol. The Kier molecular flexibility index (Phi) is 2.81. The fraction of sp³-hybridized carbons (Fsp3) is 0.538. The van der Waals surface area contributed by atoms with E-state index in [0.717, 1.165) is 19.6 Å². The van der Waals surface area contributed by atoms with Gasteiger partial charge in [-0.3, -0.25) is 4.90 Å². The first-order chi connectivity index (χ1) is 7.08. The van der Waals surface area contributed by atoms with Crippen LogP contribution in [0.1, 0.15) is 19.4 Å². The van der Waals surface area contributed by atoms with E-state index < -0.39 is 0 Å². The normalized spacial score (nSPS) is 25.7. The van der Waals surface area contributed by atoms with E-state index in [2.05, 4.69) is 49.1 Å². The van der Waals surface area contributed by atoms with Crippen LogP contribution in [0.15, 0.2) is 30.3 Å². The first-order valence-electron chi connectivity index (χ1n) is 5.60. The van der Waals surface area contributed by atoms with Gasteiger partial charge in [0.1, 0.15) is 0 Å². The summed E-state index contributed by atoms with van der Waals surface area (Å²) in [7, 11) is 0. The van der Waals surface area contributed by atoms with Gasteiger partial charge in [-0.1, -0.05) is 44.2 Å². The van der Waals surface area contributed by atoms with Crippen molar-refractivity contribution in [1.29, 1.82) is 0 Å². The number of benzene rings is 1. The molecule has 1 atom stereocenters. The fourth-order valence-corrected chi connectivity index (χ4v) is 2.25. The van der Waals surface area contributed by atoms with E-state index in [0.29, 0.717) is 6.04 Å². The van der Waals surface area contributed by atoms with Crippen molar-refractivity contribution in [2.45, 2.75) is 26.4 Å². The molecule has 0 aromatic heterocycles. The highest BCUT2D eigenvalue weighted by molar-refractivity contribution is 5.15. The standard InChI is InChI=1S/C13H20N2/c1-13(2)10-15(9-12(13)14)8-11-6-4-3-5-7-11/h3-7,12H,8-10,14H2,1-2H3/t12-/m0/s1. The summed E-state index contributed by atoms with van der Waals surface area (Å²) in [5.74, 6) is 0. The van der Waals surface area contributed by atoms with Gasteiger partial charge in [0.2, 0.25) is 0 Å². The van der Waals surface area contributed by atoms with Crippen LogP contribution in [0.5, 0.6) is 0 Å². The molecule has 82 valence electrons. The Labute approximate surface area is 92.1 Å². The maximum atomic E-state index is 6.11. The molecule has 0 saturated carbocycles. The molecule has 15 heavy (non-hydrogen) atoms. The third-order valence-electron chi connectivity index (χ3n) is 3.34. The average Bonchev–Trinajstić information content (AvgIpc) is 2.42. The van der Waals surface area contributed by atoms with Crippen molar-refractivity contribution in [2.75, 3.05) is 13.1 Å². The van der Waals surface area contributed by atoms with Crippen LogP contribution in [0.25, 0.3) is 0 Å². The number of hydrogen-bond donors (Lipinski definition) is 1. The second-order valence-corrected chi connectivity index (χ2v) is 5.25. The zero-order valence-electron chi connectivity index (χ0n) is 9.61. The van der Waals surface area contributed by atoms with E-state index in [1.165, 1.54) is 5.56 Å². The van der Waals surface area contributed by atoms with E-state index in [1.807, 2.05) is 0 Å². The second kappa shape index (κ2) is 3.95. The van der Waals surface area contributed by atoms with E-state index in [1.54, 1.807) is 0 Å². The van der Waals surface area contributed by atoms with Gasteiger partial charge in [0.25, 0.3) is 0 Å². The SMILES string of the molecule is CC1(C)CN(Cc2ccccc2)C[C@@H]1N. The van der Waals surface area contributed by atoms with Gasteiger partial charge in [-0.05, 0) is 11.0 Å². The monoisotopic (exact) mass is 204 g/mol. The number of nitrogens with zero attached hydrogens (tertiary/aromatic N) is 1. The lowest BCUT2D eigenvalue weighted by Gasteiger charge is -2.22. The highest BCUT2D eigenvalue weighted by atomic mass is 15.2. The number of rotatable bonds is 2. The summed E-state index contributed by atoms with van der Waals surface area (Å²) in [6, 6.07) is 10.9. The minimum atomic E-state index is 0.259. The predicted molar refractivity (Wildman–Crippen MR) is 63.5 cm³/mol. The van der Waals surface area contributed by atoms with Gasteiger partial charge in [-0.25, -0.2) is 0 Å². The molecule has 0 radical (unpaired) electrons. The van der Waals surface area contributed by atoms with Crippen LogP contribution < -0.4 is 5.73 Å². The molecule has 2 nitrogen and oxygen atoms in total. The Morgan fingerprint density at radius 1 is 1.33 bits per heavy atom. The molecule has 1 aromatic rings. The molecular formula is C13H20N2. The van der Waals surface area contributed by atoms with Crippen LogP contribution >= 0.6 is 0 Å². The molecule has 2 N–H and O–H groups in total. The zero-order valence-corrected chi connectivity index (χ0v) is 9.61. The molecule has 2 heteroatoms. The Morgan fingerprint density at radius 2 is 2.00 bits per heavy atom. The van der Waals surface area contributed by atoms with Crippen LogP contribution in [0.3, 0.4) is 0 Å². The highest BCUT2D eigenvalue weighted by Gasteiger charge is 2.36. The van der Waals surface area contributed by atoms with Crippen LogP contribution in [0, 0.1) is 5.41 Å². The number of likely N-dealkylation sites (tertiary alicyclic amines) is 1. The molecule has 0 bridgehead atoms. The predicted octanol–water partition coefficient (Wildman–Crippen LogP) is 1.86. The quantitative estimate of drug-likeness (QED) is 0.796. The van der Waals surface area contributed by atoms with E-state index in [9.17, 15) is 0 Å².